The van der Waals surface area contributed by atoms with Crippen molar-refractivity contribution in [2.45, 2.75) is 12.5 Å². The molecule has 0 aromatic heterocycles. The van der Waals surface area contributed by atoms with E-state index in [1.165, 1.54) is 0 Å². The number of nitrogens with one attached hydrogen (secondary N) is 1. The summed E-state index contributed by atoms with van der Waals surface area (Å²) in [5.74, 6) is -0.775. The third-order valence-corrected chi connectivity index (χ3v) is 0.805. The number of carbonyl (C=O) groups is 1. The maximum Gasteiger partial charge on any atom is 0.306 e. The van der Waals surface area contributed by atoms with Crippen molar-refractivity contribution < 1.29 is 14.6 Å². The lowest BCUT2D eigenvalue weighted by Crippen LogP contribution is -1.98. The molecule has 0 spiro atoms. The maximum atomic E-state index is 9.77. The van der Waals surface area contributed by atoms with Gasteiger partial charge in [-0.1, -0.05) is 0 Å². The van der Waals surface area contributed by atoms with Crippen LogP contribution in [0.5, 0.6) is 0 Å². The second kappa shape index (κ2) is 5.20. The Morgan fingerprint density at radius 1 is 1.80 bits per heavy atom. The molecule has 1 aliphatic heterocycles. The lowest BCUT2D eigenvalue weighted by molar-refractivity contribution is -0.137. The van der Waals surface area contributed by atoms with Crippen LogP contribution >= 0.6 is 0 Å². The number of aliphatic carboxylic acids is 1. The Labute approximate surface area is 60.2 Å². The Bertz CT molecular complexity index is 101. The second-order valence-corrected chi connectivity index (χ2v) is 2.05. The third kappa shape index (κ3) is 7.39. The number of hydrogen-bond acceptors (Lipinski definition) is 3. The molecule has 0 amide bonds. The van der Waals surface area contributed by atoms with E-state index in [0.29, 0.717) is 6.61 Å². The van der Waals surface area contributed by atoms with Crippen molar-refractivity contribution in [2.24, 2.45) is 0 Å². The summed E-state index contributed by atoms with van der Waals surface area (Å²) < 4.78 is 4.64. The van der Waals surface area contributed by atoms with Crippen LogP contribution in [0.25, 0.3) is 0 Å². The van der Waals surface area contributed by atoms with E-state index in [-0.39, 0.29) is 12.5 Å². The van der Waals surface area contributed by atoms with Gasteiger partial charge in [0.15, 0.2) is 0 Å². The van der Waals surface area contributed by atoms with Gasteiger partial charge in [-0.3, -0.25) is 4.79 Å². The molecule has 0 aromatic carbocycles. The van der Waals surface area contributed by atoms with Crippen molar-refractivity contribution in [3.8, 4) is 0 Å². The lowest BCUT2D eigenvalue weighted by atomic mass is 10.3. The van der Waals surface area contributed by atoms with Crippen molar-refractivity contribution >= 4 is 5.97 Å². The molecule has 1 aliphatic rings. The van der Waals surface area contributed by atoms with Crippen LogP contribution in [-0.2, 0) is 9.53 Å². The normalized spacial score (nSPS) is 20.8. The van der Waals surface area contributed by atoms with E-state index in [9.17, 15) is 4.79 Å². The largest absolute Gasteiger partial charge is 0.481 e. The lowest BCUT2D eigenvalue weighted by Gasteiger charge is -1.80. The van der Waals surface area contributed by atoms with Gasteiger partial charge in [-0.25, -0.2) is 0 Å². The fraction of sp³-hybridized carbons (Fsp3) is 0.833. The SMILES string of the molecule is CNC.O=C(O)CC1CO1. The summed E-state index contributed by atoms with van der Waals surface area (Å²) in [6, 6.07) is 0. The summed E-state index contributed by atoms with van der Waals surface area (Å²) in [5.41, 5.74) is 0. The van der Waals surface area contributed by atoms with E-state index in [1.54, 1.807) is 0 Å². The summed E-state index contributed by atoms with van der Waals surface area (Å²) in [6.07, 6.45) is 0.192. The quantitative estimate of drug-likeness (QED) is 0.526. The van der Waals surface area contributed by atoms with Crippen molar-refractivity contribution in [1.82, 2.24) is 5.32 Å². The predicted molar refractivity (Wildman–Crippen MR) is 37.0 cm³/mol. The molecule has 0 saturated carbocycles. The summed E-state index contributed by atoms with van der Waals surface area (Å²) in [6.45, 7) is 0.631. The van der Waals surface area contributed by atoms with Gasteiger partial charge in [0, 0.05) is 0 Å². The molecule has 1 rings (SSSR count). The van der Waals surface area contributed by atoms with Gasteiger partial charge >= 0.3 is 5.97 Å². The molecular weight excluding hydrogens is 134 g/mol. The standard InChI is InChI=1S/C4H6O3.C2H7N/c5-4(6)1-3-2-7-3;1-3-2/h3H,1-2H2,(H,5,6);3H,1-2H3. The van der Waals surface area contributed by atoms with Gasteiger partial charge in [0.1, 0.15) is 0 Å². The molecule has 0 aliphatic carbocycles. The van der Waals surface area contributed by atoms with E-state index < -0.39 is 5.97 Å². The number of hydrogen-bond donors (Lipinski definition) is 2. The first-order valence-corrected chi connectivity index (χ1v) is 3.12. The summed E-state index contributed by atoms with van der Waals surface area (Å²) >= 11 is 0. The number of rotatable bonds is 2. The molecule has 10 heavy (non-hydrogen) atoms. The van der Waals surface area contributed by atoms with E-state index in [4.69, 9.17) is 5.11 Å². The average molecular weight is 147 g/mol. The highest BCUT2D eigenvalue weighted by molar-refractivity contribution is 5.67. The number of carboxylic acid groups (broad SMARTS) is 1. The zero-order chi connectivity index (χ0) is 7.98. The molecule has 1 atom stereocenters. The highest BCUT2D eigenvalue weighted by Gasteiger charge is 2.24. The van der Waals surface area contributed by atoms with Crippen LogP contribution in [0.3, 0.4) is 0 Å². The molecular formula is C6H13NO3. The summed E-state index contributed by atoms with van der Waals surface area (Å²) in [4.78, 5) is 9.77. The molecule has 0 aromatic rings. The third-order valence-electron chi connectivity index (χ3n) is 0.805. The Morgan fingerprint density at radius 2 is 2.20 bits per heavy atom. The van der Waals surface area contributed by atoms with Crippen LogP contribution in [-0.4, -0.2) is 37.9 Å². The average Bonchev–Trinajstić information content (AvgIpc) is 2.50. The second-order valence-electron chi connectivity index (χ2n) is 2.05. The smallest absolute Gasteiger partial charge is 0.306 e. The van der Waals surface area contributed by atoms with Crippen LogP contribution in [0, 0.1) is 0 Å². The summed E-state index contributed by atoms with van der Waals surface area (Å²) in [5, 5.41) is 10.8. The van der Waals surface area contributed by atoms with E-state index in [1.807, 2.05) is 14.1 Å². The zero-order valence-corrected chi connectivity index (χ0v) is 6.26. The topological polar surface area (TPSA) is 61.9 Å². The molecule has 4 nitrogen and oxygen atoms in total. The monoisotopic (exact) mass is 147 g/mol. The van der Waals surface area contributed by atoms with Crippen molar-refractivity contribution in [3.05, 3.63) is 0 Å². The van der Waals surface area contributed by atoms with E-state index >= 15 is 0 Å². The Kier molecular flexibility index (Phi) is 4.88. The van der Waals surface area contributed by atoms with Crippen molar-refractivity contribution in [2.75, 3.05) is 20.7 Å². The number of ether oxygens (including phenoxy) is 1. The maximum absolute atomic E-state index is 9.77. The first kappa shape index (κ1) is 9.39. The van der Waals surface area contributed by atoms with Crippen LogP contribution in [0.4, 0.5) is 0 Å². The molecule has 1 saturated heterocycles. The van der Waals surface area contributed by atoms with Crippen LogP contribution in [0.15, 0.2) is 0 Å². The van der Waals surface area contributed by atoms with Crippen molar-refractivity contribution in [3.63, 3.8) is 0 Å². The van der Waals surface area contributed by atoms with Gasteiger partial charge in [-0.2, -0.15) is 0 Å². The molecule has 1 heterocycles. The van der Waals surface area contributed by atoms with Crippen LogP contribution in [0.2, 0.25) is 0 Å². The molecule has 0 radical (unpaired) electrons. The molecule has 4 heteroatoms. The highest BCUT2D eigenvalue weighted by atomic mass is 16.6. The fourth-order valence-corrected chi connectivity index (χ4v) is 0.381. The minimum absolute atomic E-state index is 0.0255. The Balaban J connectivity index is 0.000000236. The molecule has 2 N–H and O–H groups in total. The van der Waals surface area contributed by atoms with Gasteiger partial charge in [0.05, 0.1) is 19.1 Å². The van der Waals surface area contributed by atoms with Gasteiger partial charge in [-0.15, -0.1) is 0 Å². The zero-order valence-electron chi connectivity index (χ0n) is 6.26. The molecule has 1 unspecified atom stereocenters. The van der Waals surface area contributed by atoms with Gasteiger partial charge in [0.2, 0.25) is 0 Å². The Morgan fingerprint density at radius 3 is 2.30 bits per heavy atom. The van der Waals surface area contributed by atoms with E-state index in [0.717, 1.165) is 0 Å². The first-order chi connectivity index (χ1) is 4.70. The highest BCUT2D eigenvalue weighted by Crippen LogP contribution is 2.12. The van der Waals surface area contributed by atoms with Crippen LogP contribution in [0.1, 0.15) is 6.42 Å². The number of carboxylic acids is 1. The molecule has 0 bridgehead atoms. The van der Waals surface area contributed by atoms with Gasteiger partial charge in [0.25, 0.3) is 0 Å². The van der Waals surface area contributed by atoms with Crippen LogP contribution < -0.4 is 5.32 Å². The number of epoxide rings is 1. The summed E-state index contributed by atoms with van der Waals surface area (Å²) in [7, 11) is 3.75. The minimum Gasteiger partial charge on any atom is -0.481 e. The van der Waals surface area contributed by atoms with Gasteiger partial charge < -0.3 is 15.2 Å². The van der Waals surface area contributed by atoms with E-state index in [2.05, 4.69) is 10.1 Å². The predicted octanol–water partition coefficient (Wildman–Crippen LogP) is -0.305. The first-order valence-electron chi connectivity index (χ1n) is 3.12. The molecule has 1 fully saturated rings. The Hall–Kier alpha value is -0.610. The van der Waals surface area contributed by atoms with Gasteiger partial charge in [-0.05, 0) is 14.1 Å². The minimum atomic E-state index is -0.775. The van der Waals surface area contributed by atoms with Crippen molar-refractivity contribution in [1.29, 1.82) is 0 Å². The molecule has 60 valence electrons. The fourth-order valence-electron chi connectivity index (χ4n) is 0.381.